The van der Waals surface area contributed by atoms with Crippen LogP contribution in [0.3, 0.4) is 0 Å². The van der Waals surface area contributed by atoms with Crippen LogP contribution >= 0.6 is 0 Å². The molecule has 0 saturated heterocycles. The van der Waals surface area contributed by atoms with Gasteiger partial charge in [-0.1, -0.05) is 56.4 Å². The van der Waals surface area contributed by atoms with Crippen molar-refractivity contribution < 1.29 is 9.90 Å². The topological polar surface area (TPSA) is 75.1 Å². The van der Waals surface area contributed by atoms with Gasteiger partial charge in [-0.3, -0.25) is 4.79 Å². The Hall–Kier alpha value is -2.27. The van der Waals surface area contributed by atoms with Crippen LogP contribution in [-0.2, 0) is 17.8 Å². The minimum Gasteiger partial charge on any atom is -0.392 e. The van der Waals surface area contributed by atoms with Crippen LogP contribution in [0.25, 0.3) is 11.3 Å². The van der Waals surface area contributed by atoms with Gasteiger partial charge in [-0.2, -0.15) is 0 Å². The molecule has 1 amide bonds. The summed E-state index contributed by atoms with van der Waals surface area (Å²) in [5.74, 6) is 1.20. The highest BCUT2D eigenvalue weighted by atomic mass is 16.3. The smallest absolute Gasteiger partial charge is 0.222 e. The third kappa shape index (κ3) is 4.88. The summed E-state index contributed by atoms with van der Waals surface area (Å²) in [5, 5.41) is 12.0. The summed E-state index contributed by atoms with van der Waals surface area (Å²) in [5.41, 5.74) is 3.48. The lowest BCUT2D eigenvalue weighted by Crippen LogP contribution is -2.13. The molecule has 1 aliphatic rings. The number of aryl methyl sites for hydroxylation is 1. The van der Waals surface area contributed by atoms with E-state index in [0.29, 0.717) is 5.82 Å². The monoisotopic (exact) mass is 353 g/mol. The third-order valence-corrected chi connectivity index (χ3v) is 5.09. The SMILES string of the molecule is CC(=O)Nc1ncc(-c2ccc(CO)cc2)nc1CCC1CCCCC1. The van der Waals surface area contributed by atoms with Gasteiger partial charge in [0.15, 0.2) is 5.82 Å². The molecular formula is C21H27N3O2. The van der Waals surface area contributed by atoms with Gasteiger partial charge in [0.05, 0.1) is 24.2 Å². The Labute approximate surface area is 154 Å². The predicted octanol–water partition coefficient (Wildman–Crippen LogP) is 4.11. The Morgan fingerprint density at radius 3 is 2.58 bits per heavy atom. The van der Waals surface area contributed by atoms with Crippen molar-refractivity contribution in [3.05, 3.63) is 41.7 Å². The summed E-state index contributed by atoms with van der Waals surface area (Å²) in [4.78, 5) is 20.7. The van der Waals surface area contributed by atoms with E-state index in [4.69, 9.17) is 4.98 Å². The van der Waals surface area contributed by atoms with Gasteiger partial charge in [-0.05, 0) is 24.3 Å². The van der Waals surface area contributed by atoms with E-state index >= 15 is 0 Å². The number of aliphatic hydroxyl groups is 1. The lowest BCUT2D eigenvalue weighted by atomic mass is 9.86. The molecule has 26 heavy (non-hydrogen) atoms. The minimum absolute atomic E-state index is 0.0278. The number of hydrogen-bond acceptors (Lipinski definition) is 4. The lowest BCUT2D eigenvalue weighted by molar-refractivity contribution is -0.114. The van der Waals surface area contributed by atoms with Crippen LogP contribution in [0.1, 0.15) is 56.7 Å². The molecule has 0 radical (unpaired) electrons. The summed E-state index contributed by atoms with van der Waals surface area (Å²) in [6, 6.07) is 7.66. The Morgan fingerprint density at radius 1 is 1.19 bits per heavy atom. The second-order valence-corrected chi connectivity index (χ2v) is 7.13. The van der Waals surface area contributed by atoms with Crippen LogP contribution in [0, 0.1) is 5.92 Å². The van der Waals surface area contributed by atoms with Gasteiger partial charge in [0.1, 0.15) is 0 Å². The fraction of sp³-hybridized carbons (Fsp3) is 0.476. The second-order valence-electron chi connectivity index (χ2n) is 7.13. The van der Waals surface area contributed by atoms with Gasteiger partial charge in [0.25, 0.3) is 0 Å². The van der Waals surface area contributed by atoms with Crippen LogP contribution < -0.4 is 5.32 Å². The molecule has 0 spiro atoms. The van der Waals surface area contributed by atoms with E-state index in [1.807, 2.05) is 24.3 Å². The maximum absolute atomic E-state index is 11.5. The molecule has 5 nitrogen and oxygen atoms in total. The Morgan fingerprint density at radius 2 is 1.92 bits per heavy atom. The van der Waals surface area contributed by atoms with E-state index in [2.05, 4.69) is 10.3 Å². The molecule has 0 atom stereocenters. The number of anilines is 1. The van der Waals surface area contributed by atoms with Crippen molar-refractivity contribution in [2.24, 2.45) is 5.92 Å². The summed E-state index contributed by atoms with van der Waals surface area (Å²) >= 11 is 0. The molecular weight excluding hydrogens is 326 g/mol. The minimum atomic E-state index is -0.127. The lowest BCUT2D eigenvalue weighted by Gasteiger charge is -2.21. The Kier molecular flexibility index (Phi) is 6.34. The number of nitrogens with one attached hydrogen (secondary N) is 1. The molecule has 2 aromatic rings. The van der Waals surface area contributed by atoms with Crippen molar-refractivity contribution >= 4 is 11.7 Å². The zero-order valence-electron chi connectivity index (χ0n) is 15.4. The second kappa shape index (κ2) is 8.90. The van der Waals surface area contributed by atoms with E-state index in [1.54, 1.807) is 6.20 Å². The van der Waals surface area contributed by atoms with E-state index < -0.39 is 0 Å². The summed E-state index contributed by atoms with van der Waals surface area (Å²) in [6.07, 6.45) is 10.2. The highest BCUT2D eigenvalue weighted by Gasteiger charge is 2.16. The first-order valence-electron chi connectivity index (χ1n) is 9.49. The molecule has 1 aromatic carbocycles. The van der Waals surface area contributed by atoms with E-state index in [0.717, 1.165) is 41.3 Å². The number of carbonyl (C=O) groups is 1. The summed E-state index contributed by atoms with van der Waals surface area (Å²) in [6.45, 7) is 1.52. The van der Waals surface area contributed by atoms with Gasteiger partial charge in [-0.25, -0.2) is 9.97 Å². The number of aliphatic hydroxyl groups excluding tert-OH is 1. The van der Waals surface area contributed by atoms with Gasteiger partial charge in [0.2, 0.25) is 5.91 Å². The number of rotatable bonds is 6. The molecule has 1 heterocycles. The largest absolute Gasteiger partial charge is 0.392 e. The van der Waals surface area contributed by atoms with Gasteiger partial charge in [0, 0.05) is 12.5 Å². The van der Waals surface area contributed by atoms with Gasteiger partial charge < -0.3 is 10.4 Å². The van der Waals surface area contributed by atoms with Crippen molar-refractivity contribution in [2.75, 3.05) is 5.32 Å². The molecule has 1 saturated carbocycles. The fourth-order valence-electron chi connectivity index (χ4n) is 3.61. The molecule has 1 fully saturated rings. The first-order valence-corrected chi connectivity index (χ1v) is 9.49. The molecule has 1 aromatic heterocycles. The van der Waals surface area contributed by atoms with E-state index in [9.17, 15) is 9.90 Å². The van der Waals surface area contributed by atoms with E-state index in [-0.39, 0.29) is 12.5 Å². The predicted molar refractivity (Wildman–Crippen MR) is 103 cm³/mol. The number of nitrogens with zero attached hydrogens (tertiary/aromatic N) is 2. The maximum atomic E-state index is 11.5. The molecule has 1 aliphatic carbocycles. The van der Waals surface area contributed by atoms with Crippen molar-refractivity contribution in [3.8, 4) is 11.3 Å². The van der Waals surface area contributed by atoms with Crippen LogP contribution in [0.2, 0.25) is 0 Å². The molecule has 138 valence electrons. The van der Waals surface area contributed by atoms with Crippen LogP contribution in [-0.4, -0.2) is 21.0 Å². The average Bonchev–Trinajstić information content (AvgIpc) is 2.68. The van der Waals surface area contributed by atoms with Crippen molar-refractivity contribution in [3.63, 3.8) is 0 Å². The van der Waals surface area contributed by atoms with Crippen LogP contribution in [0.5, 0.6) is 0 Å². The first-order chi connectivity index (χ1) is 12.7. The summed E-state index contributed by atoms with van der Waals surface area (Å²) < 4.78 is 0. The standard InChI is InChI=1S/C21H27N3O2/c1-15(26)23-21-19(12-9-16-5-3-2-4-6-16)24-20(13-22-21)18-10-7-17(14-25)8-11-18/h7-8,10-11,13,16,25H,2-6,9,12,14H2,1H3,(H,22,23,26). The molecule has 3 rings (SSSR count). The number of hydrogen-bond donors (Lipinski definition) is 2. The average molecular weight is 353 g/mol. The maximum Gasteiger partial charge on any atom is 0.222 e. The Bertz CT molecular complexity index is 737. The zero-order valence-corrected chi connectivity index (χ0v) is 15.4. The highest BCUT2D eigenvalue weighted by Crippen LogP contribution is 2.29. The fourth-order valence-corrected chi connectivity index (χ4v) is 3.61. The molecule has 5 heteroatoms. The summed E-state index contributed by atoms with van der Waals surface area (Å²) in [7, 11) is 0. The molecule has 0 aliphatic heterocycles. The van der Waals surface area contributed by atoms with E-state index in [1.165, 1.54) is 39.0 Å². The van der Waals surface area contributed by atoms with Gasteiger partial charge >= 0.3 is 0 Å². The molecule has 0 bridgehead atoms. The van der Waals surface area contributed by atoms with Crippen LogP contribution in [0.4, 0.5) is 5.82 Å². The zero-order chi connectivity index (χ0) is 18.4. The molecule has 0 unspecified atom stereocenters. The highest BCUT2D eigenvalue weighted by molar-refractivity contribution is 5.88. The number of aromatic nitrogens is 2. The number of benzene rings is 1. The number of carbonyl (C=O) groups excluding carboxylic acids is 1. The molecule has 2 N–H and O–H groups in total. The van der Waals surface area contributed by atoms with Crippen molar-refractivity contribution in [1.29, 1.82) is 0 Å². The quantitative estimate of drug-likeness (QED) is 0.819. The third-order valence-electron chi connectivity index (χ3n) is 5.09. The Balaban J connectivity index is 1.81. The number of amides is 1. The van der Waals surface area contributed by atoms with Crippen LogP contribution in [0.15, 0.2) is 30.5 Å². The van der Waals surface area contributed by atoms with Crippen molar-refractivity contribution in [1.82, 2.24) is 9.97 Å². The van der Waals surface area contributed by atoms with Gasteiger partial charge in [-0.15, -0.1) is 0 Å². The first kappa shape index (κ1) is 18.5. The van der Waals surface area contributed by atoms with Crippen molar-refractivity contribution in [2.45, 2.75) is 58.5 Å². The normalized spacial score (nSPS) is 15.0.